The average molecular weight is 493 g/mol. The molecule has 1 amide bonds. The average Bonchev–Trinajstić information content (AvgIpc) is 3.19. The Bertz CT molecular complexity index is 987. The molecule has 1 aromatic carbocycles. The van der Waals surface area contributed by atoms with E-state index < -0.39 is 11.7 Å². The van der Waals surface area contributed by atoms with E-state index in [0.29, 0.717) is 43.7 Å². The SMILES string of the molecule is CC(C)N(Cc1cccc(Nc2ncc(C(F)(F)F)c(NCCCN3CCCC3=O)n2)c1)C(C)C. The smallest absolute Gasteiger partial charge is 0.369 e. The first kappa shape index (κ1) is 26.7. The zero-order chi connectivity index (χ0) is 25.6. The second kappa shape index (κ2) is 11.7. The fourth-order valence-corrected chi connectivity index (χ4v) is 4.25. The van der Waals surface area contributed by atoms with E-state index in [1.54, 1.807) is 4.90 Å². The van der Waals surface area contributed by atoms with Crippen LogP contribution in [0.5, 0.6) is 0 Å². The molecule has 0 radical (unpaired) electrons. The Labute approximate surface area is 205 Å². The van der Waals surface area contributed by atoms with Crippen LogP contribution in [0.2, 0.25) is 0 Å². The second-order valence-corrected chi connectivity index (χ2v) is 9.40. The molecule has 0 unspecified atom stereocenters. The third kappa shape index (κ3) is 7.55. The van der Waals surface area contributed by atoms with Crippen LogP contribution in [0.4, 0.5) is 30.6 Å². The number of rotatable bonds is 11. The maximum Gasteiger partial charge on any atom is 0.421 e. The molecule has 0 spiro atoms. The highest BCUT2D eigenvalue weighted by Crippen LogP contribution is 2.34. The van der Waals surface area contributed by atoms with Crippen molar-refractivity contribution in [1.29, 1.82) is 0 Å². The lowest BCUT2D eigenvalue weighted by atomic mass is 10.1. The molecule has 2 N–H and O–H groups in total. The Morgan fingerprint density at radius 2 is 1.91 bits per heavy atom. The summed E-state index contributed by atoms with van der Waals surface area (Å²) in [5.74, 6) is -0.0942. The summed E-state index contributed by atoms with van der Waals surface area (Å²) in [5.41, 5.74) is 0.867. The van der Waals surface area contributed by atoms with Gasteiger partial charge in [0.1, 0.15) is 11.4 Å². The van der Waals surface area contributed by atoms with Gasteiger partial charge in [-0.3, -0.25) is 9.69 Å². The number of nitrogens with one attached hydrogen (secondary N) is 2. The summed E-state index contributed by atoms with van der Waals surface area (Å²) in [7, 11) is 0. The Morgan fingerprint density at radius 1 is 1.17 bits per heavy atom. The third-order valence-corrected chi connectivity index (χ3v) is 6.04. The molecule has 0 bridgehead atoms. The number of alkyl halides is 3. The van der Waals surface area contributed by atoms with Crippen LogP contribution in [0.25, 0.3) is 0 Å². The molecule has 7 nitrogen and oxygen atoms in total. The lowest BCUT2D eigenvalue weighted by Crippen LogP contribution is -2.36. The van der Waals surface area contributed by atoms with Crippen LogP contribution in [0.3, 0.4) is 0 Å². The summed E-state index contributed by atoms with van der Waals surface area (Å²) < 4.78 is 40.6. The van der Waals surface area contributed by atoms with Crippen molar-refractivity contribution in [2.24, 2.45) is 0 Å². The van der Waals surface area contributed by atoms with Crippen molar-refractivity contribution in [3.05, 3.63) is 41.6 Å². The van der Waals surface area contributed by atoms with Gasteiger partial charge in [-0.2, -0.15) is 18.2 Å². The predicted molar refractivity (Wildman–Crippen MR) is 131 cm³/mol. The molecule has 1 saturated heterocycles. The molecule has 1 aliphatic heterocycles. The Hall–Kier alpha value is -2.88. The molecule has 35 heavy (non-hydrogen) atoms. The highest BCUT2D eigenvalue weighted by molar-refractivity contribution is 5.78. The lowest BCUT2D eigenvalue weighted by molar-refractivity contribution is -0.137. The van der Waals surface area contributed by atoms with Crippen LogP contribution >= 0.6 is 0 Å². The lowest BCUT2D eigenvalue weighted by Gasteiger charge is -2.30. The van der Waals surface area contributed by atoms with Crippen molar-refractivity contribution in [1.82, 2.24) is 19.8 Å². The van der Waals surface area contributed by atoms with Gasteiger partial charge in [-0.1, -0.05) is 12.1 Å². The largest absolute Gasteiger partial charge is 0.421 e. The van der Waals surface area contributed by atoms with Gasteiger partial charge in [-0.25, -0.2) is 4.98 Å². The fourth-order valence-electron chi connectivity index (χ4n) is 4.25. The summed E-state index contributed by atoms with van der Waals surface area (Å²) in [4.78, 5) is 23.8. The van der Waals surface area contributed by atoms with Crippen LogP contribution in [0.1, 0.15) is 58.1 Å². The molecule has 10 heteroatoms. The van der Waals surface area contributed by atoms with E-state index in [9.17, 15) is 18.0 Å². The molecule has 1 aromatic heterocycles. The molecule has 1 aliphatic rings. The van der Waals surface area contributed by atoms with Crippen LogP contribution in [-0.2, 0) is 17.5 Å². The van der Waals surface area contributed by atoms with Crippen LogP contribution < -0.4 is 10.6 Å². The summed E-state index contributed by atoms with van der Waals surface area (Å²) in [6, 6.07) is 8.47. The number of anilines is 3. The predicted octanol–water partition coefficient (Wildman–Crippen LogP) is 5.28. The number of amides is 1. The molecule has 0 atom stereocenters. The topological polar surface area (TPSA) is 73.4 Å². The van der Waals surface area contributed by atoms with Gasteiger partial charge in [0.2, 0.25) is 11.9 Å². The Kier molecular flexibility index (Phi) is 8.93. The number of carbonyl (C=O) groups is 1. The number of hydrogen-bond donors (Lipinski definition) is 2. The van der Waals surface area contributed by atoms with Crippen LogP contribution in [-0.4, -0.2) is 57.4 Å². The van der Waals surface area contributed by atoms with E-state index in [-0.39, 0.29) is 24.2 Å². The maximum absolute atomic E-state index is 13.5. The van der Waals surface area contributed by atoms with E-state index in [0.717, 1.165) is 24.7 Å². The summed E-state index contributed by atoms with van der Waals surface area (Å²) in [6.07, 6.45) is -1.88. The monoisotopic (exact) mass is 492 g/mol. The van der Waals surface area contributed by atoms with Crippen molar-refractivity contribution < 1.29 is 18.0 Å². The van der Waals surface area contributed by atoms with E-state index in [1.165, 1.54) is 0 Å². The number of halogens is 3. The minimum atomic E-state index is -4.58. The van der Waals surface area contributed by atoms with Gasteiger partial charge < -0.3 is 15.5 Å². The van der Waals surface area contributed by atoms with Gasteiger partial charge in [0.15, 0.2) is 0 Å². The molecule has 0 saturated carbocycles. The van der Waals surface area contributed by atoms with Gasteiger partial charge in [-0.15, -0.1) is 0 Å². The molecule has 0 aliphatic carbocycles. The molecule has 2 aromatic rings. The van der Waals surface area contributed by atoms with Gasteiger partial charge in [-0.05, 0) is 58.2 Å². The first-order chi connectivity index (χ1) is 16.5. The van der Waals surface area contributed by atoms with Gasteiger partial charge in [0.05, 0.1) is 0 Å². The first-order valence-electron chi connectivity index (χ1n) is 12.1. The van der Waals surface area contributed by atoms with Crippen molar-refractivity contribution in [3.63, 3.8) is 0 Å². The number of hydrogen-bond acceptors (Lipinski definition) is 6. The van der Waals surface area contributed by atoms with E-state index in [4.69, 9.17) is 0 Å². The molecular weight excluding hydrogens is 457 g/mol. The summed E-state index contributed by atoms with van der Waals surface area (Å²) >= 11 is 0. The number of carbonyl (C=O) groups excluding carboxylic acids is 1. The number of likely N-dealkylation sites (tertiary alicyclic amines) is 1. The molecule has 3 rings (SSSR count). The van der Waals surface area contributed by atoms with Crippen molar-refractivity contribution in [2.45, 2.75) is 71.8 Å². The van der Waals surface area contributed by atoms with Crippen LogP contribution in [0.15, 0.2) is 30.5 Å². The van der Waals surface area contributed by atoms with Crippen molar-refractivity contribution in [3.8, 4) is 0 Å². The third-order valence-electron chi connectivity index (χ3n) is 6.04. The molecule has 2 heterocycles. The zero-order valence-corrected chi connectivity index (χ0v) is 20.8. The normalized spacial score (nSPS) is 14.5. The van der Waals surface area contributed by atoms with Gasteiger partial charge in [0, 0.05) is 56.6 Å². The quantitative estimate of drug-likeness (QED) is 0.416. The zero-order valence-electron chi connectivity index (χ0n) is 20.8. The highest BCUT2D eigenvalue weighted by Gasteiger charge is 2.35. The summed E-state index contributed by atoms with van der Waals surface area (Å²) in [5, 5.41) is 5.83. The van der Waals surface area contributed by atoms with Crippen LogP contribution in [0, 0.1) is 0 Å². The van der Waals surface area contributed by atoms with Gasteiger partial charge >= 0.3 is 6.18 Å². The van der Waals surface area contributed by atoms with Crippen molar-refractivity contribution >= 4 is 23.4 Å². The second-order valence-electron chi connectivity index (χ2n) is 9.40. The maximum atomic E-state index is 13.5. The minimum Gasteiger partial charge on any atom is -0.369 e. The van der Waals surface area contributed by atoms with Crippen molar-refractivity contribution in [2.75, 3.05) is 30.3 Å². The number of benzene rings is 1. The number of aromatic nitrogens is 2. The van der Waals surface area contributed by atoms with E-state index in [2.05, 4.69) is 53.2 Å². The molecular formula is C25H35F3N6O. The van der Waals surface area contributed by atoms with E-state index in [1.807, 2.05) is 24.3 Å². The summed E-state index contributed by atoms with van der Waals surface area (Å²) in [6.45, 7) is 10.8. The highest BCUT2D eigenvalue weighted by atomic mass is 19.4. The standard InChI is InChI=1S/C25H35F3N6O/c1-17(2)34(18(3)4)16-19-8-5-9-20(14-19)31-24-30-15-21(25(26,27)28)23(32-24)29-11-7-13-33-12-6-10-22(33)35/h5,8-9,14-15,17-18H,6-7,10-13,16H2,1-4H3,(H2,29,30,31,32). The number of nitrogens with zero attached hydrogens (tertiary/aromatic N) is 4. The molecule has 1 fully saturated rings. The molecule has 192 valence electrons. The first-order valence-corrected chi connectivity index (χ1v) is 12.1. The van der Waals surface area contributed by atoms with E-state index >= 15 is 0 Å². The minimum absolute atomic E-state index is 0.0805. The Balaban J connectivity index is 1.70. The fraction of sp³-hybridized carbons (Fsp3) is 0.560. The Morgan fingerprint density at radius 3 is 2.54 bits per heavy atom. The van der Waals surface area contributed by atoms with Gasteiger partial charge in [0.25, 0.3) is 0 Å².